The number of ether oxygens (including phenoxy) is 1. The van der Waals surface area contributed by atoms with Gasteiger partial charge in [0.1, 0.15) is 0 Å². The molecule has 0 bridgehead atoms. The van der Waals surface area contributed by atoms with Crippen LogP contribution in [0, 0.1) is 0 Å². The van der Waals surface area contributed by atoms with Gasteiger partial charge < -0.3 is 10.1 Å². The van der Waals surface area contributed by atoms with E-state index in [2.05, 4.69) is 11.6 Å². The van der Waals surface area contributed by atoms with Crippen LogP contribution in [-0.4, -0.2) is 37.8 Å². The van der Waals surface area contributed by atoms with Crippen LogP contribution in [0.3, 0.4) is 0 Å². The summed E-state index contributed by atoms with van der Waals surface area (Å²) in [6.07, 6.45) is 11.9. The molecule has 0 heterocycles. The standard InChI is InChI=1S/C13H27NOS/c1-15-13-9-5-4-8-12(13)14-10-6-3-7-11-16-2/h12-14H,3-11H2,1-2H3. The summed E-state index contributed by atoms with van der Waals surface area (Å²) < 4.78 is 5.53. The van der Waals surface area contributed by atoms with Gasteiger partial charge in [-0.15, -0.1) is 0 Å². The van der Waals surface area contributed by atoms with Crippen molar-refractivity contribution in [2.45, 2.75) is 57.1 Å². The number of rotatable bonds is 8. The third-order valence-corrected chi connectivity index (χ3v) is 4.13. The Morgan fingerprint density at radius 2 is 2.00 bits per heavy atom. The van der Waals surface area contributed by atoms with Crippen LogP contribution in [0.4, 0.5) is 0 Å². The van der Waals surface area contributed by atoms with Crippen molar-refractivity contribution in [2.75, 3.05) is 25.7 Å². The molecule has 2 nitrogen and oxygen atoms in total. The molecule has 0 aromatic heterocycles. The Labute approximate surface area is 105 Å². The minimum Gasteiger partial charge on any atom is -0.380 e. The number of hydrogen-bond donors (Lipinski definition) is 1. The van der Waals surface area contributed by atoms with Crippen molar-refractivity contribution < 1.29 is 4.74 Å². The van der Waals surface area contributed by atoms with E-state index in [0.29, 0.717) is 12.1 Å². The SMILES string of the molecule is COC1CCCCC1NCCCCCSC. The molecule has 0 radical (unpaired) electrons. The summed E-state index contributed by atoms with van der Waals surface area (Å²) >= 11 is 1.95. The van der Waals surface area contributed by atoms with Crippen molar-refractivity contribution >= 4 is 11.8 Å². The molecule has 1 fully saturated rings. The van der Waals surface area contributed by atoms with E-state index in [-0.39, 0.29) is 0 Å². The van der Waals surface area contributed by atoms with Gasteiger partial charge in [-0.2, -0.15) is 11.8 Å². The number of unbranched alkanes of at least 4 members (excludes halogenated alkanes) is 2. The number of hydrogen-bond acceptors (Lipinski definition) is 3. The third kappa shape index (κ3) is 5.55. The van der Waals surface area contributed by atoms with E-state index in [1.54, 1.807) is 0 Å². The molecule has 1 aliphatic rings. The minimum absolute atomic E-state index is 0.458. The average Bonchev–Trinajstić information content (AvgIpc) is 2.34. The third-order valence-electron chi connectivity index (χ3n) is 3.44. The highest BCUT2D eigenvalue weighted by atomic mass is 32.2. The molecule has 1 aliphatic carbocycles. The molecule has 0 amide bonds. The van der Waals surface area contributed by atoms with Crippen LogP contribution in [-0.2, 0) is 4.74 Å². The van der Waals surface area contributed by atoms with Gasteiger partial charge in [0.05, 0.1) is 6.10 Å². The van der Waals surface area contributed by atoms with E-state index in [9.17, 15) is 0 Å². The molecule has 16 heavy (non-hydrogen) atoms. The molecule has 96 valence electrons. The van der Waals surface area contributed by atoms with Crippen molar-refractivity contribution in [1.29, 1.82) is 0 Å². The molecular weight excluding hydrogens is 218 g/mol. The maximum Gasteiger partial charge on any atom is 0.0724 e. The van der Waals surface area contributed by atoms with E-state index in [1.807, 2.05) is 18.9 Å². The predicted molar refractivity (Wildman–Crippen MR) is 73.3 cm³/mol. The van der Waals surface area contributed by atoms with Crippen LogP contribution in [0.15, 0.2) is 0 Å². The maximum atomic E-state index is 5.53. The summed E-state index contributed by atoms with van der Waals surface area (Å²) in [7, 11) is 1.85. The monoisotopic (exact) mass is 245 g/mol. The summed E-state index contributed by atoms with van der Waals surface area (Å²) in [6, 6.07) is 0.610. The van der Waals surface area contributed by atoms with Crippen LogP contribution in [0.5, 0.6) is 0 Å². The molecule has 2 atom stereocenters. The number of thioether (sulfide) groups is 1. The van der Waals surface area contributed by atoms with Gasteiger partial charge in [-0.05, 0) is 44.2 Å². The summed E-state index contributed by atoms with van der Waals surface area (Å²) in [5.41, 5.74) is 0. The Bertz CT molecular complexity index is 166. The second-order valence-corrected chi connectivity index (χ2v) is 5.66. The fourth-order valence-corrected chi connectivity index (χ4v) is 2.94. The molecule has 3 heteroatoms. The van der Waals surface area contributed by atoms with Crippen molar-refractivity contribution in [3.05, 3.63) is 0 Å². The van der Waals surface area contributed by atoms with Crippen LogP contribution in [0.2, 0.25) is 0 Å². The Balaban J connectivity index is 2.02. The highest BCUT2D eigenvalue weighted by Gasteiger charge is 2.23. The van der Waals surface area contributed by atoms with E-state index in [1.165, 1.54) is 57.2 Å². The summed E-state index contributed by atoms with van der Waals surface area (Å²) in [5, 5.41) is 3.67. The van der Waals surface area contributed by atoms with Crippen molar-refractivity contribution in [3.8, 4) is 0 Å². The second kappa shape index (κ2) is 9.32. The molecule has 0 aliphatic heterocycles. The lowest BCUT2D eigenvalue weighted by atomic mass is 9.92. The normalized spacial score (nSPS) is 25.9. The Morgan fingerprint density at radius 1 is 1.19 bits per heavy atom. The van der Waals surface area contributed by atoms with Gasteiger partial charge in [-0.25, -0.2) is 0 Å². The largest absolute Gasteiger partial charge is 0.380 e. The Hall–Kier alpha value is 0.270. The lowest BCUT2D eigenvalue weighted by Crippen LogP contribution is -2.43. The van der Waals surface area contributed by atoms with Crippen LogP contribution in [0.25, 0.3) is 0 Å². The molecule has 0 aromatic carbocycles. The Morgan fingerprint density at radius 3 is 2.75 bits per heavy atom. The average molecular weight is 245 g/mol. The van der Waals surface area contributed by atoms with Gasteiger partial charge in [-0.1, -0.05) is 19.3 Å². The molecule has 1 saturated carbocycles. The number of nitrogens with one attached hydrogen (secondary N) is 1. The zero-order chi connectivity index (χ0) is 11.6. The maximum absolute atomic E-state index is 5.53. The zero-order valence-corrected chi connectivity index (χ0v) is 11.7. The number of methoxy groups -OCH3 is 1. The first-order valence-corrected chi connectivity index (χ1v) is 8.03. The molecule has 2 unspecified atom stereocenters. The van der Waals surface area contributed by atoms with Gasteiger partial charge in [-0.3, -0.25) is 0 Å². The van der Waals surface area contributed by atoms with Crippen LogP contribution >= 0.6 is 11.8 Å². The summed E-state index contributed by atoms with van der Waals surface area (Å²) in [5.74, 6) is 1.31. The highest BCUT2D eigenvalue weighted by Crippen LogP contribution is 2.20. The van der Waals surface area contributed by atoms with Crippen molar-refractivity contribution in [1.82, 2.24) is 5.32 Å². The van der Waals surface area contributed by atoms with Gasteiger partial charge in [0.15, 0.2) is 0 Å². The summed E-state index contributed by atoms with van der Waals surface area (Å²) in [4.78, 5) is 0. The van der Waals surface area contributed by atoms with Gasteiger partial charge >= 0.3 is 0 Å². The van der Waals surface area contributed by atoms with Gasteiger partial charge in [0.2, 0.25) is 0 Å². The van der Waals surface area contributed by atoms with Crippen molar-refractivity contribution in [3.63, 3.8) is 0 Å². The van der Waals surface area contributed by atoms with Crippen molar-refractivity contribution in [2.24, 2.45) is 0 Å². The first-order chi connectivity index (χ1) is 7.88. The fourth-order valence-electron chi connectivity index (χ4n) is 2.45. The first-order valence-electron chi connectivity index (χ1n) is 6.63. The zero-order valence-electron chi connectivity index (χ0n) is 10.8. The quantitative estimate of drug-likeness (QED) is 0.664. The van der Waals surface area contributed by atoms with Crippen LogP contribution < -0.4 is 5.32 Å². The van der Waals surface area contributed by atoms with Gasteiger partial charge in [0, 0.05) is 13.2 Å². The molecule has 0 spiro atoms. The highest BCUT2D eigenvalue weighted by molar-refractivity contribution is 7.98. The topological polar surface area (TPSA) is 21.3 Å². The molecular formula is C13H27NOS. The summed E-state index contributed by atoms with van der Waals surface area (Å²) in [6.45, 7) is 1.17. The lowest BCUT2D eigenvalue weighted by molar-refractivity contribution is 0.0419. The smallest absolute Gasteiger partial charge is 0.0724 e. The first kappa shape index (κ1) is 14.3. The molecule has 1 N–H and O–H groups in total. The van der Waals surface area contributed by atoms with E-state index < -0.39 is 0 Å². The van der Waals surface area contributed by atoms with E-state index in [0.717, 1.165) is 0 Å². The minimum atomic E-state index is 0.458. The van der Waals surface area contributed by atoms with E-state index in [4.69, 9.17) is 4.74 Å². The molecule has 0 aromatic rings. The predicted octanol–water partition coefficient (Wildman–Crippen LogP) is 3.07. The van der Waals surface area contributed by atoms with E-state index >= 15 is 0 Å². The van der Waals surface area contributed by atoms with Crippen LogP contribution in [0.1, 0.15) is 44.9 Å². The van der Waals surface area contributed by atoms with Gasteiger partial charge in [0.25, 0.3) is 0 Å². The molecule has 1 rings (SSSR count). The Kier molecular flexibility index (Phi) is 8.34. The lowest BCUT2D eigenvalue weighted by Gasteiger charge is -2.31. The second-order valence-electron chi connectivity index (χ2n) is 4.67. The molecule has 0 saturated heterocycles. The fraction of sp³-hybridized carbons (Fsp3) is 1.00.